The van der Waals surface area contributed by atoms with E-state index in [9.17, 15) is 4.79 Å². The first kappa shape index (κ1) is 19.1. The van der Waals surface area contributed by atoms with Crippen molar-refractivity contribution < 1.29 is 23.5 Å². The van der Waals surface area contributed by atoms with E-state index in [0.29, 0.717) is 28.5 Å². The van der Waals surface area contributed by atoms with Crippen LogP contribution in [0.2, 0.25) is 0 Å². The molecule has 10 nitrogen and oxygen atoms in total. The fourth-order valence-corrected chi connectivity index (χ4v) is 2.71. The van der Waals surface area contributed by atoms with Crippen LogP contribution in [0.5, 0.6) is 11.5 Å². The van der Waals surface area contributed by atoms with E-state index in [4.69, 9.17) is 18.7 Å². The van der Waals surface area contributed by atoms with Gasteiger partial charge >= 0.3 is 5.97 Å². The van der Waals surface area contributed by atoms with Gasteiger partial charge in [-0.25, -0.2) is 14.5 Å². The van der Waals surface area contributed by atoms with Crippen molar-refractivity contribution in [2.45, 2.75) is 6.61 Å². The van der Waals surface area contributed by atoms with Gasteiger partial charge in [-0.15, -0.1) is 0 Å². The third kappa shape index (κ3) is 3.97. The highest BCUT2D eigenvalue weighted by molar-refractivity contribution is 5.89. The van der Waals surface area contributed by atoms with E-state index in [1.54, 1.807) is 60.6 Å². The number of hydrogen-bond acceptors (Lipinski definition) is 9. The van der Waals surface area contributed by atoms with Crippen LogP contribution in [0, 0.1) is 0 Å². The number of carbonyl (C=O) groups excluding carboxylic acids is 1. The molecule has 4 rings (SSSR count). The Morgan fingerprint density at radius 3 is 2.63 bits per heavy atom. The number of rotatable bonds is 7. The third-order valence-electron chi connectivity index (χ3n) is 4.23. The van der Waals surface area contributed by atoms with E-state index in [2.05, 4.69) is 20.2 Å². The lowest BCUT2D eigenvalue weighted by atomic mass is 10.2. The molecule has 10 heteroatoms. The Balaban J connectivity index is 1.41. The Kier molecular flexibility index (Phi) is 5.37. The molecule has 0 atom stereocenters. The van der Waals surface area contributed by atoms with E-state index in [1.165, 1.54) is 13.4 Å². The zero-order valence-electron chi connectivity index (χ0n) is 16.2. The molecule has 2 aromatic carbocycles. The number of methoxy groups -OCH3 is 2. The Bertz CT molecular complexity index is 1140. The molecule has 0 N–H and O–H groups in total. The van der Waals surface area contributed by atoms with E-state index in [0.717, 1.165) is 5.69 Å². The van der Waals surface area contributed by atoms with Crippen molar-refractivity contribution in [3.8, 4) is 28.6 Å². The van der Waals surface area contributed by atoms with Crippen LogP contribution in [-0.4, -0.2) is 45.1 Å². The summed E-state index contributed by atoms with van der Waals surface area (Å²) < 4.78 is 22.6. The molecular formula is C20H17N5O5. The quantitative estimate of drug-likeness (QED) is 0.426. The summed E-state index contributed by atoms with van der Waals surface area (Å²) in [6.07, 6.45) is 3.00. The molecule has 0 fully saturated rings. The topological polar surface area (TPSA) is 114 Å². The number of aromatic nitrogens is 5. The van der Waals surface area contributed by atoms with Crippen LogP contribution in [0.1, 0.15) is 16.2 Å². The third-order valence-corrected chi connectivity index (χ3v) is 4.23. The summed E-state index contributed by atoms with van der Waals surface area (Å²) in [7, 11) is 3.10. The van der Waals surface area contributed by atoms with E-state index >= 15 is 0 Å². The maximum atomic E-state index is 12.3. The van der Waals surface area contributed by atoms with E-state index < -0.39 is 5.97 Å². The van der Waals surface area contributed by atoms with Gasteiger partial charge in [0, 0.05) is 6.07 Å². The maximum Gasteiger partial charge on any atom is 0.338 e. The minimum atomic E-state index is -0.512. The lowest BCUT2D eigenvalue weighted by Gasteiger charge is -2.07. The average Bonchev–Trinajstić information content (AvgIpc) is 3.49. The number of esters is 1. The number of ether oxygens (including phenoxy) is 3. The molecule has 0 aliphatic heterocycles. The van der Waals surface area contributed by atoms with Crippen molar-refractivity contribution in [1.29, 1.82) is 0 Å². The van der Waals surface area contributed by atoms with Crippen molar-refractivity contribution >= 4 is 5.97 Å². The monoisotopic (exact) mass is 407 g/mol. The van der Waals surface area contributed by atoms with Crippen LogP contribution >= 0.6 is 0 Å². The van der Waals surface area contributed by atoms with Gasteiger partial charge in [-0.1, -0.05) is 5.16 Å². The van der Waals surface area contributed by atoms with Gasteiger partial charge in [0.05, 0.1) is 31.0 Å². The highest BCUT2D eigenvalue weighted by Gasteiger charge is 2.16. The van der Waals surface area contributed by atoms with Crippen LogP contribution in [0.4, 0.5) is 0 Å². The van der Waals surface area contributed by atoms with E-state index in [1.807, 2.05) is 0 Å². The largest absolute Gasteiger partial charge is 0.497 e. The summed E-state index contributed by atoms with van der Waals surface area (Å²) in [6, 6.07) is 12.0. The highest BCUT2D eigenvalue weighted by Crippen LogP contribution is 2.31. The fourth-order valence-electron chi connectivity index (χ4n) is 2.71. The van der Waals surface area contributed by atoms with Gasteiger partial charge in [0.25, 0.3) is 5.89 Å². The number of nitrogens with zero attached hydrogens (tertiary/aromatic N) is 5. The lowest BCUT2D eigenvalue weighted by molar-refractivity contribution is 0.0430. The van der Waals surface area contributed by atoms with Gasteiger partial charge in [0.2, 0.25) is 5.82 Å². The lowest BCUT2D eigenvalue weighted by Crippen LogP contribution is -2.06. The van der Waals surface area contributed by atoms with Gasteiger partial charge in [0.1, 0.15) is 24.2 Å². The molecule has 0 saturated heterocycles. The molecule has 0 spiro atoms. The standard InChI is InChI=1S/C20H17N5O5/c1-27-15-7-8-16(17(9-15)28-2)19-23-18(30-24-19)10-29-20(26)13-3-5-14(6-4-13)25-12-21-11-22-25/h3-9,11-12H,10H2,1-2H3. The minimum absolute atomic E-state index is 0.158. The second kappa shape index (κ2) is 8.43. The van der Waals surface area contributed by atoms with Crippen LogP contribution < -0.4 is 9.47 Å². The molecule has 0 aliphatic rings. The summed E-state index contributed by atoms with van der Waals surface area (Å²) in [4.78, 5) is 20.4. The fraction of sp³-hybridized carbons (Fsp3) is 0.150. The molecule has 152 valence electrons. The second-order valence-electron chi connectivity index (χ2n) is 6.04. The summed E-state index contributed by atoms with van der Waals surface area (Å²) >= 11 is 0. The van der Waals surface area contributed by atoms with Gasteiger partial charge in [-0.3, -0.25) is 0 Å². The highest BCUT2D eigenvalue weighted by atomic mass is 16.6. The second-order valence-corrected chi connectivity index (χ2v) is 6.04. The molecule has 30 heavy (non-hydrogen) atoms. The predicted octanol–water partition coefficient (Wildman–Crippen LogP) is 2.69. The number of hydrogen-bond donors (Lipinski definition) is 0. The molecule has 4 aromatic rings. The molecule has 0 radical (unpaired) electrons. The molecule has 0 bridgehead atoms. The van der Waals surface area contributed by atoms with Crippen LogP contribution in [0.3, 0.4) is 0 Å². The first-order valence-electron chi connectivity index (χ1n) is 8.85. The van der Waals surface area contributed by atoms with Gasteiger partial charge in [-0.2, -0.15) is 10.1 Å². The molecule has 2 heterocycles. The van der Waals surface area contributed by atoms with Crippen molar-refractivity contribution in [3.05, 3.63) is 66.6 Å². The molecule has 0 unspecified atom stereocenters. The summed E-state index contributed by atoms with van der Waals surface area (Å²) in [6.45, 7) is -0.158. The van der Waals surface area contributed by atoms with Gasteiger partial charge < -0.3 is 18.7 Å². The Morgan fingerprint density at radius 1 is 1.10 bits per heavy atom. The molecule has 0 amide bonds. The number of carbonyl (C=O) groups is 1. The summed E-state index contributed by atoms with van der Waals surface area (Å²) in [5, 5.41) is 7.96. The smallest absolute Gasteiger partial charge is 0.338 e. The van der Waals surface area contributed by atoms with Gasteiger partial charge in [-0.05, 0) is 36.4 Å². The van der Waals surface area contributed by atoms with Gasteiger partial charge in [0.15, 0.2) is 6.61 Å². The maximum absolute atomic E-state index is 12.3. The van der Waals surface area contributed by atoms with Crippen LogP contribution in [-0.2, 0) is 11.3 Å². The first-order chi connectivity index (χ1) is 14.7. The van der Waals surface area contributed by atoms with E-state index in [-0.39, 0.29) is 12.5 Å². The molecule has 0 aliphatic carbocycles. The Hall–Kier alpha value is -4.21. The Labute approximate surface area is 171 Å². The minimum Gasteiger partial charge on any atom is -0.497 e. The summed E-state index contributed by atoms with van der Waals surface area (Å²) in [5.41, 5.74) is 1.79. The molecule has 2 aromatic heterocycles. The van der Waals surface area contributed by atoms with Crippen molar-refractivity contribution in [2.24, 2.45) is 0 Å². The number of benzene rings is 2. The first-order valence-corrected chi connectivity index (χ1v) is 8.85. The Morgan fingerprint density at radius 2 is 1.93 bits per heavy atom. The van der Waals surface area contributed by atoms with Crippen LogP contribution in [0.15, 0.2) is 59.6 Å². The molecule has 0 saturated carbocycles. The SMILES string of the molecule is COc1ccc(-c2noc(COC(=O)c3ccc(-n4cncn4)cc3)n2)c(OC)c1. The van der Waals surface area contributed by atoms with Crippen LogP contribution in [0.25, 0.3) is 17.1 Å². The average molecular weight is 407 g/mol. The zero-order chi connectivity index (χ0) is 20.9. The van der Waals surface area contributed by atoms with Crippen molar-refractivity contribution in [2.75, 3.05) is 14.2 Å². The molecular weight excluding hydrogens is 390 g/mol. The normalized spacial score (nSPS) is 10.6. The summed E-state index contributed by atoms with van der Waals surface area (Å²) in [5.74, 6) is 1.14. The predicted molar refractivity (Wildman–Crippen MR) is 103 cm³/mol. The van der Waals surface area contributed by atoms with Crippen molar-refractivity contribution in [1.82, 2.24) is 24.9 Å². The zero-order valence-corrected chi connectivity index (χ0v) is 16.2. The van der Waals surface area contributed by atoms with Crippen molar-refractivity contribution in [3.63, 3.8) is 0 Å².